The largest absolute Gasteiger partial charge is 0.342 e. The Labute approximate surface area is 99.4 Å². The maximum absolute atomic E-state index is 11.9. The fourth-order valence-electron chi connectivity index (χ4n) is 2.04. The van der Waals surface area contributed by atoms with Gasteiger partial charge in [-0.25, -0.2) is 0 Å². The van der Waals surface area contributed by atoms with Crippen molar-refractivity contribution in [3.05, 3.63) is 12.3 Å². The Morgan fingerprint density at radius 1 is 1.59 bits per heavy atom. The average Bonchev–Trinajstić information content (AvgIpc) is 2.82. The van der Waals surface area contributed by atoms with Gasteiger partial charge in [-0.2, -0.15) is 5.10 Å². The van der Waals surface area contributed by atoms with Gasteiger partial charge in [-0.1, -0.05) is 0 Å². The van der Waals surface area contributed by atoms with Crippen LogP contribution in [0.15, 0.2) is 12.3 Å². The Balaban J connectivity index is 1.93. The molecule has 1 aliphatic heterocycles. The summed E-state index contributed by atoms with van der Waals surface area (Å²) in [5.74, 6) is 0.440. The molecule has 1 aliphatic rings. The van der Waals surface area contributed by atoms with Crippen molar-refractivity contribution in [3.63, 3.8) is 0 Å². The summed E-state index contributed by atoms with van der Waals surface area (Å²) >= 11 is 0. The molecule has 0 aromatic carbocycles. The van der Waals surface area contributed by atoms with Gasteiger partial charge >= 0.3 is 0 Å². The van der Waals surface area contributed by atoms with E-state index in [9.17, 15) is 9.59 Å². The number of carbonyl (C=O) groups is 2. The lowest BCUT2D eigenvalue weighted by atomic mass is 9.97. The van der Waals surface area contributed by atoms with E-state index in [1.165, 1.54) is 6.92 Å². The predicted molar refractivity (Wildman–Crippen MR) is 62.2 cm³/mol. The quantitative estimate of drug-likeness (QED) is 0.789. The van der Waals surface area contributed by atoms with E-state index in [4.69, 9.17) is 0 Å². The standard InChI is InChI=1S/C11H16N4O2/c1-8(16)15-6-2-3-9(7-15)11(17)13-10-4-5-12-14-10/h4-5,9H,2-3,6-7H2,1H3,(H2,12,13,14,17). The summed E-state index contributed by atoms with van der Waals surface area (Å²) in [6, 6.07) is 1.70. The zero-order chi connectivity index (χ0) is 12.3. The molecule has 2 N–H and O–H groups in total. The predicted octanol–water partition coefficient (Wildman–Crippen LogP) is 0.607. The van der Waals surface area contributed by atoms with Gasteiger partial charge < -0.3 is 10.2 Å². The molecule has 0 aliphatic carbocycles. The minimum atomic E-state index is -0.129. The van der Waals surface area contributed by atoms with Crippen LogP contribution in [0.1, 0.15) is 19.8 Å². The lowest BCUT2D eigenvalue weighted by Crippen LogP contribution is -2.42. The van der Waals surface area contributed by atoms with Crippen molar-refractivity contribution in [2.75, 3.05) is 18.4 Å². The number of aromatic nitrogens is 2. The van der Waals surface area contributed by atoms with Crippen LogP contribution in [-0.2, 0) is 9.59 Å². The second-order valence-electron chi connectivity index (χ2n) is 4.26. The van der Waals surface area contributed by atoms with Gasteiger partial charge in [0, 0.05) is 26.1 Å². The van der Waals surface area contributed by atoms with Crippen molar-refractivity contribution in [1.29, 1.82) is 0 Å². The SMILES string of the molecule is CC(=O)N1CCCC(C(=O)Nc2ccn[nH]2)C1. The Hall–Kier alpha value is -1.85. The number of nitrogens with zero attached hydrogens (tertiary/aromatic N) is 2. The number of amides is 2. The van der Waals surface area contributed by atoms with E-state index in [0.29, 0.717) is 12.4 Å². The van der Waals surface area contributed by atoms with Crippen LogP contribution in [0, 0.1) is 5.92 Å². The van der Waals surface area contributed by atoms with E-state index in [1.54, 1.807) is 17.2 Å². The second kappa shape index (κ2) is 4.99. The molecule has 1 atom stereocenters. The van der Waals surface area contributed by atoms with Gasteiger partial charge in [-0.15, -0.1) is 0 Å². The van der Waals surface area contributed by atoms with E-state index in [0.717, 1.165) is 19.4 Å². The summed E-state index contributed by atoms with van der Waals surface area (Å²) in [6.45, 7) is 2.80. The minimum Gasteiger partial charge on any atom is -0.342 e. The molecule has 0 radical (unpaired) electrons. The molecule has 2 heterocycles. The molecule has 1 aromatic heterocycles. The summed E-state index contributed by atoms with van der Waals surface area (Å²) in [4.78, 5) is 24.9. The Morgan fingerprint density at radius 2 is 2.41 bits per heavy atom. The van der Waals surface area contributed by atoms with Crippen molar-refractivity contribution >= 4 is 17.6 Å². The smallest absolute Gasteiger partial charge is 0.230 e. The first-order valence-electron chi connectivity index (χ1n) is 5.72. The molecular formula is C11H16N4O2. The first kappa shape index (κ1) is 11.6. The normalized spacial score (nSPS) is 20.1. The summed E-state index contributed by atoms with van der Waals surface area (Å²) in [5.41, 5.74) is 0. The number of likely N-dealkylation sites (tertiary alicyclic amines) is 1. The number of carbonyl (C=O) groups excluding carboxylic acids is 2. The van der Waals surface area contributed by atoms with Crippen LogP contribution in [0.3, 0.4) is 0 Å². The second-order valence-corrected chi connectivity index (χ2v) is 4.26. The third-order valence-electron chi connectivity index (χ3n) is 3.00. The molecule has 1 saturated heterocycles. The number of aromatic amines is 1. The minimum absolute atomic E-state index is 0.0315. The first-order chi connectivity index (χ1) is 8.16. The van der Waals surface area contributed by atoms with Crippen LogP contribution in [0.2, 0.25) is 0 Å². The third kappa shape index (κ3) is 2.83. The summed E-state index contributed by atoms with van der Waals surface area (Å²) < 4.78 is 0. The number of hydrogen-bond acceptors (Lipinski definition) is 3. The molecule has 0 bridgehead atoms. The Bertz CT molecular complexity index is 402. The van der Waals surface area contributed by atoms with Gasteiger partial charge in [0.05, 0.1) is 12.1 Å². The van der Waals surface area contributed by atoms with Crippen LogP contribution < -0.4 is 5.32 Å². The van der Waals surface area contributed by atoms with Crippen LogP contribution in [0.4, 0.5) is 5.82 Å². The van der Waals surface area contributed by atoms with Gasteiger partial charge in [-0.05, 0) is 12.8 Å². The maximum Gasteiger partial charge on any atom is 0.230 e. The molecule has 6 nitrogen and oxygen atoms in total. The average molecular weight is 236 g/mol. The molecule has 1 aromatic rings. The van der Waals surface area contributed by atoms with Gasteiger partial charge in [0.15, 0.2) is 0 Å². The molecule has 2 rings (SSSR count). The number of rotatable bonds is 2. The molecule has 6 heteroatoms. The molecular weight excluding hydrogens is 220 g/mol. The molecule has 1 fully saturated rings. The van der Waals surface area contributed by atoms with Crippen LogP contribution in [0.5, 0.6) is 0 Å². The van der Waals surface area contributed by atoms with E-state index in [1.807, 2.05) is 0 Å². The van der Waals surface area contributed by atoms with Crippen molar-refractivity contribution in [1.82, 2.24) is 15.1 Å². The number of hydrogen-bond donors (Lipinski definition) is 2. The summed E-state index contributed by atoms with van der Waals surface area (Å²) in [7, 11) is 0. The fourth-order valence-corrected chi connectivity index (χ4v) is 2.04. The highest BCUT2D eigenvalue weighted by Gasteiger charge is 2.27. The van der Waals surface area contributed by atoms with Gasteiger partial charge in [0.1, 0.15) is 5.82 Å². The molecule has 0 saturated carbocycles. The number of anilines is 1. The van der Waals surface area contributed by atoms with E-state index in [2.05, 4.69) is 15.5 Å². The first-order valence-corrected chi connectivity index (χ1v) is 5.72. The highest BCUT2D eigenvalue weighted by atomic mass is 16.2. The van der Waals surface area contributed by atoms with E-state index in [-0.39, 0.29) is 17.7 Å². The molecule has 17 heavy (non-hydrogen) atoms. The Morgan fingerprint density at radius 3 is 3.06 bits per heavy atom. The summed E-state index contributed by atoms with van der Waals surface area (Å²) in [5, 5.41) is 9.19. The lowest BCUT2D eigenvalue weighted by Gasteiger charge is -2.31. The third-order valence-corrected chi connectivity index (χ3v) is 3.00. The number of nitrogens with one attached hydrogen (secondary N) is 2. The number of H-pyrrole nitrogens is 1. The van der Waals surface area contributed by atoms with Crippen molar-refractivity contribution in [3.8, 4) is 0 Å². The van der Waals surface area contributed by atoms with Crippen molar-refractivity contribution in [2.45, 2.75) is 19.8 Å². The Kier molecular flexibility index (Phi) is 3.41. The molecule has 2 amide bonds. The molecule has 1 unspecified atom stereocenters. The zero-order valence-electron chi connectivity index (χ0n) is 9.77. The lowest BCUT2D eigenvalue weighted by molar-refractivity contribution is -0.132. The molecule has 92 valence electrons. The van der Waals surface area contributed by atoms with Gasteiger partial charge in [0.2, 0.25) is 11.8 Å². The summed E-state index contributed by atoms with van der Waals surface area (Å²) in [6.07, 6.45) is 3.28. The van der Waals surface area contributed by atoms with Crippen LogP contribution in [0.25, 0.3) is 0 Å². The number of piperidine rings is 1. The highest BCUT2D eigenvalue weighted by Crippen LogP contribution is 2.18. The van der Waals surface area contributed by atoms with E-state index < -0.39 is 0 Å². The fraction of sp³-hybridized carbons (Fsp3) is 0.545. The molecule has 0 spiro atoms. The highest BCUT2D eigenvalue weighted by molar-refractivity contribution is 5.92. The van der Waals surface area contributed by atoms with Crippen molar-refractivity contribution in [2.24, 2.45) is 5.92 Å². The topological polar surface area (TPSA) is 78.1 Å². The van der Waals surface area contributed by atoms with Crippen molar-refractivity contribution < 1.29 is 9.59 Å². The maximum atomic E-state index is 11.9. The monoisotopic (exact) mass is 236 g/mol. The van der Waals surface area contributed by atoms with Gasteiger partial charge in [0.25, 0.3) is 0 Å². The van der Waals surface area contributed by atoms with E-state index >= 15 is 0 Å². The van der Waals surface area contributed by atoms with Gasteiger partial charge in [-0.3, -0.25) is 14.7 Å². The zero-order valence-corrected chi connectivity index (χ0v) is 9.77. The van der Waals surface area contributed by atoms with Crippen LogP contribution >= 0.6 is 0 Å². The van der Waals surface area contributed by atoms with Crippen LogP contribution in [-0.4, -0.2) is 40.0 Å².